The summed E-state index contributed by atoms with van der Waals surface area (Å²) in [4.78, 5) is 4.32. The van der Waals surface area contributed by atoms with Gasteiger partial charge in [0.05, 0.1) is 4.90 Å². The summed E-state index contributed by atoms with van der Waals surface area (Å²) in [7, 11) is -1.99. The van der Waals surface area contributed by atoms with Gasteiger partial charge in [-0.1, -0.05) is 0 Å². The number of aromatic nitrogens is 1. The van der Waals surface area contributed by atoms with Crippen LogP contribution in [-0.2, 0) is 16.6 Å². The summed E-state index contributed by atoms with van der Waals surface area (Å²) >= 11 is 3.36. The van der Waals surface area contributed by atoms with Gasteiger partial charge in [0.2, 0.25) is 10.0 Å². The standard InChI is InChI=1S/C13H14BrN3O2S/c1-15-20(18,19)13-4-2-12(3-5-13)17-8-10-6-11(14)9-16-7-10/h2-7,9,15,17H,8H2,1H3. The molecule has 0 aliphatic rings. The van der Waals surface area contributed by atoms with Gasteiger partial charge < -0.3 is 5.32 Å². The molecule has 1 aromatic heterocycles. The molecule has 0 amide bonds. The lowest BCUT2D eigenvalue weighted by atomic mass is 10.2. The first-order valence-corrected chi connectivity index (χ1v) is 8.16. The Kier molecular flexibility index (Phi) is 4.74. The summed E-state index contributed by atoms with van der Waals surface area (Å²) in [5, 5.41) is 3.21. The third-order valence-electron chi connectivity index (χ3n) is 2.69. The maximum absolute atomic E-state index is 11.6. The molecule has 0 spiro atoms. The van der Waals surface area contributed by atoms with Gasteiger partial charge in [0.25, 0.3) is 0 Å². The molecule has 7 heteroatoms. The first-order chi connectivity index (χ1) is 9.51. The molecule has 2 N–H and O–H groups in total. The number of nitrogens with one attached hydrogen (secondary N) is 2. The fourth-order valence-electron chi connectivity index (χ4n) is 1.63. The van der Waals surface area contributed by atoms with Crippen molar-refractivity contribution in [1.29, 1.82) is 0 Å². The second-order valence-electron chi connectivity index (χ2n) is 4.10. The first kappa shape index (κ1) is 15.0. The quantitative estimate of drug-likeness (QED) is 0.863. The van der Waals surface area contributed by atoms with Gasteiger partial charge in [-0.2, -0.15) is 0 Å². The van der Waals surface area contributed by atoms with Gasteiger partial charge >= 0.3 is 0 Å². The summed E-state index contributed by atoms with van der Waals surface area (Å²) in [6.07, 6.45) is 3.50. The lowest BCUT2D eigenvalue weighted by Gasteiger charge is -2.08. The normalized spacial score (nSPS) is 11.3. The van der Waals surface area contributed by atoms with Crippen LogP contribution in [-0.4, -0.2) is 20.4 Å². The largest absolute Gasteiger partial charge is 0.381 e. The number of anilines is 1. The van der Waals surface area contributed by atoms with Crippen LogP contribution in [0, 0.1) is 0 Å². The summed E-state index contributed by atoms with van der Waals surface area (Å²) < 4.78 is 26.4. The average molecular weight is 356 g/mol. The van der Waals surface area contributed by atoms with E-state index < -0.39 is 10.0 Å². The molecule has 5 nitrogen and oxygen atoms in total. The number of benzene rings is 1. The average Bonchev–Trinajstić information content (AvgIpc) is 2.46. The van der Waals surface area contributed by atoms with Crippen LogP contribution in [0.2, 0.25) is 0 Å². The van der Waals surface area contributed by atoms with E-state index in [0.29, 0.717) is 6.54 Å². The molecule has 106 valence electrons. The molecule has 0 aliphatic heterocycles. The van der Waals surface area contributed by atoms with Crippen LogP contribution in [0.25, 0.3) is 0 Å². The van der Waals surface area contributed by atoms with E-state index in [0.717, 1.165) is 15.7 Å². The van der Waals surface area contributed by atoms with Gasteiger partial charge in [-0.05, 0) is 58.9 Å². The highest BCUT2D eigenvalue weighted by Crippen LogP contribution is 2.15. The predicted octanol–water partition coefficient (Wildman–Crippen LogP) is 2.36. The van der Waals surface area contributed by atoms with Crippen LogP contribution in [0.15, 0.2) is 52.1 Å². The maximum atomic E-state index is 11.6. The Hall–Kier alpha value is -1.44. The Morgan fingerprint density at radius 2 is 1.90 bits per heavy atom. The molecule has 1 heterocycles. The zero-order valence-corrected chi connectivity index (χ0v) is 13.2. The van der Waals surface area contributed by atoms with Crippen LogP contribution in [0.4, 0.5) is 5.69 Å². The van der Waals surface area contributed by atoms with E-state index in [1.807, 2.05) is 6.07 Å². The van der Waals surface area contributed by atoms with E-state index in [-0.39, 0.29) is 4.90 Å². The fraction of sp³-hybridized carbons (Fsp3) is 0.154. The fourth-order valence-corrected chi connectivity index (χ4v) is 2.77. The number of rotatable bonds is 5. The smallest absolute Gasteiger partial charge is 0.240 e. The molecule has 1 aromatic carbocycles. The van der Waals surface area contributed by atoms with Crippen molar-refractivity contribution in [1.82, 2.24) is 9.71 Å². The number of hydrogen-bond donors (Lipinski definition) is 2. The van der Waals surface area contributed by atoms with Crippen LogP contribution in [0.3, 0.4) is 0 Å². The van der Waals surface area contributed by atoms with Crippen molar-refractivity contribution in [2.45, 2.75) is 11.4 Å². The van der Waals surface area contributed by atoms with Crippen LogP contribution in [0.5, 0.6) is 0 Å². The summed E-state index contributed by atoms with van der Waals surface area (Å²) in [5.74, 6) is 0. The zero-order chi connectivity index (χ0) is 14.6. The minimum absolute atomic E-state index is 0.245. The van der Waals surface area contributed by atoms with Crippen molar-refractivity contribution in [2.24, 2.45) is 0 Å². The summed E-state index contributed by atoms with van der Waals surface area (Å²) in [5.41, 5.74) is 1.88. The third kappa shape index (κ3) is 3.78. The predicted molar refractivity (Wildman–Crippen MR) is 82.0 cm³/mol. The lowest BCUT2D eigenvalue weighted by molar-refractivity contribution is 0.588. The monoisotopic (exact) mass is 355 g/mol. The van der Waals surface area contributed by atoms with E-state index >= 15 is 0 Å². The number of nitrogens with zero attached hydrogens (tertiary/aromatic N) is 1. The molecule has 0 saturated heterocycles. The molecule has 0 bridgehead atoms. The zero-order valence-electron chi connectivity index (χ0n) is 10.8. The van der Waals surface area contributed by atoms with Crippen LogP contribution < -0.4 is 10.0 Å². The molecule has 0 unspecified atom stereocenters. The highest BCUT2D eigenvalue weighted by Gasteiger charge is 2.10. The van der Waals surface area contributed by atoms with Gasteiger partial charge in [-0.3, -0.25) is 4.98 Å². The number of pyridine rings is 1. The van der Waals surface area contributed by atoms with E-state index in [9.17, 15) is 8.42 Å². The minimum atomic E-state index is -3.38. The molecule has 0 saturated carbocycles. The minimum Gasteiger partial charge on any atom is -0.381 e. The Morgan fingerprint density at radius 3 is 2.50 bits per heavy atom. The molecular formula is C13H14BrN3O2S. The topological polar surface area (TPSA) is 71.1 Å². The second kappa shape index (κ2) is 6.34. The van der Waals surface area contributed by atoms with E-state index in [4.69, 9.17) is 0 Å². The Morgan fingerprint density at radius 1 is 1.20 bits per heavy atom. The molecule has 2 aromatic rings. The van der Waals surface area contributed by atoms with Gasteiger partial charge in [0.15, 0.2) is 0 Å². The highest BCUT2D eigenvalue weighted by atomic mass is 79.9. The Bertz CT molecular complexity index is 687. The third-order valence-corrected chi connectivity index (χ3v) is 4.56. The van der Waals surface area contributed by atoms with Gasteiger partial charge in [0.1, 0.15) is 0 Å². The maximum Gasteiger partial charge on any atom is 0.240 e. The number of halogens is 1. The molecule has 0 aliphatic carbocycles. The lowest BCUT2D eigenvalue weighted by Crippen LogP contribution is -2.18. The van der Waals surface area contributed by atoms with Crippen molar-refractivity contribution in [3.63, 3.8) is 0 Å². The Labute approximate surface area is 126 Å². The number of sulfonamides is 1. The molecular weight excluding hydrogens is 342 g/mol. The van der Waals surface area contributed by atoms with E-state index in [2.05, 4.69) is 31.0 Å². The molecule has 20 heavy (non-hydrogen) atoms. The van der Waals surface area contributed by atoms with Crippen LogP contribution in [0.1, 0.15) is 5.56 Å². The highest BCUT2D eigenvalue weighted by molar-refractivity contribution is 9.10. The van der Waals surface area contributed by atoms with Gasteiger partial charge in [-0.25, -0.2) is 13.1 Å². The van der Waals surface area contributed by atoms with Crippen molar-refractivity contribution >= 4 is 31.6 Å². The second-order valence-corrected chi connectivity index (χ2v) is 6.90. The van der Waals surface area contributed by atoms with Crippen molar-refractivity contribution in [3.05, 3.63) is 52.8 Å². The Balaban J connectivity index is 2.05. The van der Waals surface area contributed by atoms with E-state index in [1.54, 1.807) is 36.7 Å². The summed E-state index contributed by atoms with van der Waals surface area (Å²) in [6, 6.07) is 8.56. The van der Waals surface area contributed by atoms with Crippen molar-refractivity contribution in [2.75, 3.05) is 12.4 Å². The van der Waals surface area contributed by atoms with Crippen molar-refractivity contribution < 1.29 is 8.42 Å². The molecule has 0 fully saturated rings. The first-order valence-electron chi connectivity index (χ1n) is 5.88. The van der Waals surface area contributed by atoms with Gasteiger partial charge in [-0.15, -0.1) is 0 Å². The van der Waals surface area contributed by atoms with Crippen molar-refractivity contribution in [3.8, 4) is 0 Å². The molecule has 0 atom stereocenters. The summed E-state index contributed by atoms with van der Waals surface area (Å²) in [6.45, 7) is 0.616. The molecule has 2 rings (SSSR count). The SMILES string of the molecule is CNS(=O)(=O)c1ccc(NCc2cncc(Br)c2)cc1. The van der Waals surface area contributed by atoms with Gasteiger partial charge in [0, 0.05) is 29.1 Å². The number of hydrogen-bond acceptors (Lipinski definition) is 4. The van der Waals surface area contributed by atoms with Crippen LogP contribution >= 0.6 is 15.9 Å². The van der Waals surface area contributed by atoms with E-state index in [1.165, 1.54) is 7.05 Å². The molecule has 0 radical (unpaired) electrons.